The molecule has 0 atom stereocenters. The molecule has 1 amide bonds. The second-order valence-corrected chi connectivity index (χ2v) is 3.88. The van der Waals surface area contributed by atoms with Gasteiger partial charge >= 0.3 is 11.0 Å². The molecule has 1 aromatic rings. The summed E-state index contributed by atoms with van der Waals surface area (Å²) in [6.45, 7) is -0.442. The van der Waals surface area contributed by atoms with E-state index >= 15 is 0 Å². The van der Waals surface area contributed by atoms with E-state index in [4.69, 9.17) is 5.11 Å². The molecule has 0 aromatic carbocycles. The van der Waals surface area contributed by atoms with Crippen LogP contribution in [0.15, 0.2) is 11.4 Å². The van der Waals surface area contributed by atoms with Crippen LogP contribution < -0.4 is 0 Å². The fourth-order valence-corrected chi connectivity index (χ4v) is 1.73. The molecule has 8 heteroatoms. The number of hydrogen-bond donors (Lipinski definition) is 1. The average Bonchev–Trinajstić information content (AvgIpc) is 2.64. The van der Waals surface area contributed by atoms with Crippen molar-refractivity contribution in [2.45, 2.75) is 0 Å². The van der Waals surface area contributed by atoms with E-state index in [-0.39, 0.29) is 10.6 Å². The van der Waals surface area contributed by atoms with Gasteiger partial charge in [-0.1, -0.05) is 11.3 Å². The lowest BCUT2D eigenvalue weighted by molar-refractivity contribution is -0.380. The number of nitro groups is 1. The van der Waals surface area contributed by atoms with Gasteiger partial charge in [0.1, 0.15) is 6.54 Å². The number of hydrogen-bond acceptors (Lipinski definition) is 5. The van der Waals surface area contributed by atoms with Crippen molar-refractivity contribution in [3.63, 3.8) is 0 Å². The number of nitrogens with zero attached hydrogens (tertiary/aromatic N) is 2. The van der Waals surface area contributed by atoms with E-state index < -0.39 is 23.3 Å². The summed E-state index contributed by atoms with van der Waals surface area (Å²) in [5.74, 6) is -1.69. The topological polar surface area (TPSA) is 101 Å². The van der Waals surface area contributed by atoms with Gasteiger partial charge in [0.2, 0.25) is 0 Å². The van der Waals surface area contributed by atoms with Gasteiger partial charge in [-0.25, -0.2) is 0 Å². The van der Waals surface area contributed by atoms with Gasteiger partial charge < -0.3 is 10.0 Å². The zero-order valence-electron chi connectivity index (χ0n) is 8.24. The van der Waals surface area contributed by atoms with E-state index in [1.54, 1.807) is 0 Å². The van der Waals surface area contributed by atoms with Crippen molar-refractivity contribution >= 4 is 28.2 Å². The molecular formula is C8H8N2O5S. The molecule has 1 rings (SSSR count). The third kappa shape index (κ3) is 2.76. The van der Waals surface area contributed by atoms with Crippen molar-refractivity contribution in [2.75, 3.05) is 13.6 Å². The van der Waals surface area contributed by atoms with Crippen LogP contribution in [0.3, 0.4) is 0 Å². The summed E-state index contributed by atoms with van der Waals surface area (Å²) in [5.41, 5.74) is 0.125. The Balaban J connectivity index is 2.80. The van der Waals surface area contributed by atoms with Gasteiger partial charge in [-0.05, 0) is 0 Å². The molecule has 0 spiro atoms. The molecule has 7 nitrogen and oxygen atoms in total. The minimum absolute atomic E-state index is 0.125. The Labute approximate surface area is 94.1 Å². The molecule has 0 aliphatic carbocycles. The summed E-state index contributed by atoms with van der Waals surface area (Å²) in [6.07, 6.45) is 0. The minimum Gasteiger partial charge on any atom is -0.480 e. The molecule has 16 heavy (non-hydrogen) atoms. The maximum atomic E-state index is 11.6. The van der Waals surface area contributed by atoms with Gasteiger partial charge in [0.15, 0.2) is 0 Å². The Morgan fingerprint density at radius 2 is 2.25 bits per heavy atom. The van der Waals surface area contributed by atoms with E-state index in [0.29, 0.717) is 0 Å². The fraction of sp³-hybridized carbons (Fsp3) is 0.250. The molecule has 0 saturated heterocycles. The van der Waals surface area contributed by atoms with Crippen LogP contribution in [0, 0.1) is 10.1 Å². The van der Waals surface area contributed by atoms with Crippen LogP contribution in [0.4, 0.5) is 5.00 Å². The Kier molecular flexibility index (Phi) is 3.56. The van der Waals surface area contributed by atoms with Gasteiger partial charge in [0.05, 0.1) is 10.5 Å². The molecule has 0 unspecified atom stereocenters. The molecule has 0 fully saturated rings. The predicted octanol–water partition coefficient (Wildman–Crippen LogP) is 0.813. The Morgan fingerprint density at radius 1 is 1.62 bits per heavy atom. The zero-order valence-corrected chi connectivity index (χ0v) is 9.06. The Hall–Kier alpha value is -1.96. The maximum Gasteiger partial charge on any atom is 0.324 e. The Morgan fingerprint density at radius 3 is 2.69 bits per heavy atom. The highest BCUT2D eigenvalue weighted by Crippen LogP contribution is 2.23. The highest BCUT2D eigenvalue weighted by Gasteiger charge is 2.19. The summed E-state index contributed by atoms with van der Waals surface area (Å²) in [5, 5.41) is 20.0. The molecule has 0 bridgehead atoms. The van der Waals surface area contributed by atoms with E-state index in [0.717, 1.165) is 22.3 Å². The lowest BCUT2D eigenvalue weighted by Crippen LogP contribution is -2.31. The van der Waals surface area contributed by atoms with E-state index in [2.05, 4.69) is 0 Å². The van der Waals surface area contributed by atoms with Crippen molar-refractivity contribution < 1.29 is 19.6 Å². The second-order valence-electron chi connectivity index (χ2n) is 2.99. The van der Waals surface area contributed by atoms with Crippen LogP contribution in [-0.4, -0.2) is 40.4 Å². The zero-order chi connectivity index (χ0) is 12.3. The molecule has 0 aliphatic heterocycles. The monoisotopic (exact) mass is 244 g/mol. The average molecular weight is 244 g/mol. The number of carbonyl (C=O) groups excluding carboxylic acids is 1. The van der Waals surface area contributed by atoms with Crippen molar-refractivity contribution in [3.8, 4) is 0 Å². The van der Waals surface area contributed by atoms with Gasteiger partial charge in [0.25, 0.3) is 5.91 Å². The van der Waals surface area contributed by atoms with Gasteiger partial charge in [-0.2, -0.15) is 0 Å². The lowest BCUT2D eigenvalue weighted by Gasteiger charge is -2.12. The smallest absolute Gasteiger partial charge is 0.324 e. The van der Waals surface area contributed by atoms with Crippen molar-refractivity contribution in [2.24, 2.45) is 0 Å². The molecule has 1 N–H and O–H groups in total. The first-order chi connectivity index (χ1) is 7.41. The Bertz CT molecular complexity index is 441. The highest BCUT2D eigenvalue weighted by molar-refractivity contribution is 7.13. The van der Waals surface area contributed by atoms with Gasteiger partial charge in [0, 0.05) is 18.5 Å². The van der Waals surface area contributed by atoms with E-state index in [1.807, 2.05) is 0 Å². The summed E-state index contributed by atoms with van der Waals surface area (Å²) in [4.78, 5) is 32.7. The van der Waals surface area contributed by atoms with Gasteiger partial charge in [-0.3, -0.25) is 19.7 Å². The molecule has 0 aliphatic rings. The van der Waals surface area contributed by atoms with Crippen LogP contribution in [0.5, 0.6) is 0 Å². The third-order valence-electron chi connectivity index (χ3n) is 1.73. The van der Waals surface area contributed by atoms with Crippen molar-refractivity contribution in [3.05, 3.63) is 27.1 Å². The standard InChI is InChI=1S/C8H8N2O5S/c1-9(3-7(11)12)8(13)5-2-6(10(14)15)16-4-5/h2,4H,3H2,1H3,(H,11,12). The number of aliphatic carboxylic acids is 1. The van der Waals surface area contributed by atoms with Crippen LogP contribution in [0.1, 0.15) is 10.4 Å². The minimum atomic E-state index is -1.14. The number of carboxylic acid groups (broad SMARTS) is 1. The first kappa shape index (κ1) is 12.1. The van der Waals surface area contributed by atoms with Crippen LogP contribution in [-0.2, 0) is 4.79 Å². The summed E-state index contributed by atoms with van der Waals surface area (Å²) >= 11 is 0.828. The number of carboxylic acids is 1. The SMILES string of the molecule is CN(CC(=O)O)C(=O)c1csc([N+](=O)[O-])c1. The maximum absolute atomic E-state index is 11.6. The number of likely N-dealkylation sites (N-methyl/N-ethyl adjacent to an activating group) is 1. The summed E-state index contributed by atoms with van der Waals surface area (Å²) in [7, 11) is 1.32. The van der Waals surface area contributed by atoms with Crippen LogP contribution in [0.2, 0.25) is 0 Å². The van der Waals surface area contributed by atoms with Crippen molar-refractivity contribution in [1.29, 1.82) is 0 Å². The normalized spacial score (nSPS) is 9.81. The van der Waals surface area contributed by atoms with E-state index in [9.17, 15) is 19.7 Å². The largest absolute Gasteiger partial charge is 0.480 e. The predicted molar refractivity (Wildman–Crippen MR) is 55.6 cm³/mol. The first-order valence-corrected chi connectivity index (χ1v) is 5.00. The molecule has 0 saturated carbocycles. The second kappa shape index (κ2) is 4.71. The fourth-order valence-electron chi connectivity index (χ4n) is 1.03. The number of thiophene rings is 1. The van der Waals surface area contributed by atoms with Gasteiger partial charge in [-0.15, -0.1) is 0 Å². The van der Waals surface area contributed by atoms with Crippen LogP contribution >= 0.6 is 11.3 Å². The number of rotatable bonds is 4. The van der Waals surface area contributed by atoms with Crippen molar-refractivity contribution in [1.82, 2.24) is 4.90 Å². The highest BCUT2D eigenvalue weighted by atomic mass is 32.1. The molecular weight excluding hydrogens is 236 g/mol. The molecule has 86 valence electrons. The van der Waals surface area contributed by atoms with Crippen LogP contribution in [0.25, 0.3) is 0 Å². The lowest BCUT2D eigenvalue weighted by atomic mass is 10.3. The molecule has 1 aromatic heterocycles. The summed E-state index contributed by atoms with van der Waals surface area (Å²) < 4.78 is 0. The van der Waals surface area contributed by atoms with E-state index in [1.165, 1.54) is 12.4 Å². The first-order valence-electron chi connectivity index (χ1n) is 4.12. The summed E-state index contributed by atoms with van der Waals surface area (Å²) in [6, 6.07) is 1.13. The number of carbonyl (C=O) groups is 2. The number of amides is 1. The quantitative estimate of drug-likeness (QED) is 0.624. The third-order valence-corrected chi connectivity index (χ3v) is 2.61. The molecule has 1 heterocycles. The molecule has 0 radical (unpaired) electrons.